The zero-order chi connectivity index (χ0) is 14.2. The van der Waals surface area contributed by atoms with Crippen molar-refractivity contribution in [3.05, 3.63) is 41.9 Å². The van der Waals surface area contributed by atoms with Crippen LogP contribution in [0.25, 0.3) is 0 Å². The van der Waals surface area contributed by atoms with Crippen LogP contribution in [0.1, 0.15) is 49.4 Å². The molecule has 5 nitrogen and oxygen atoms in total. The molecule has 0 radical (unpaired) electrons. The maximum Gasteiger partial charge on any atom is 0.146 e. The van der Waals surface area contributed by atoms with E-state index in [4.69, 9.17) is 5.73 Å². The van der Waals surface area contributed by atoms with Crippen LogP contribution in [0.4, 0.5) is 5.82 Å². The number of aromatic nitrogens is 4. The highest BCUT2D eigenvalue weighted by Crippen LogP contribution is 2.31. The van der Waals surface area contributed by atoms with Crippen LogP contribution < -0.4 is 5.73 Å². The Labute approximate surface area is 119 Å². The van der Waals surface area contributed by atoms with Gasteiger partial charge in [0.25, 0.3) is 0 Å². The van der Waals surface area contributed by atoms with E-state index in [1.165, 1.54) is 32.1 Å². The second kappa shape index (κ2) is 7.53. The first kappa shape index (κ1) is 14.4. The number of hydrogen-bond acceptors (Lipinski definition) is 5. The molecular formula is C15H21N5. The Kier molecular flexibility index (Phi) is 5.41. The Morgan fingerprint density at radius 2 is 1.80 bits per heavy atom. The van der Waals surface area contributed by atoms with Gasteiger partial charge in [0, 0.05) is 12.1 Å². The van der Waals surface area contributed by atoms with Crippen LogP contribution in [-0.4, -0.2) is 20.4 Å². The van der Waals surface area contributed by atoms with Crippen molar-refractivity contribution in [2.75, 3.05) is 5.73 Å². The molecule has 3 rings (SSSR count). The zero-order valence-corrected chi connectivity index (χ0v) is 11.9. The summed E-state index contributed by atoms with van der Waals surface area (Å²) in [5.41, 5.74) is 7.56. The van der Waals surface area contributed by atoms with Gasteiger partial charge in [-0.05, 0) is 44.0 Å². The molecule has 0 saturated heterocycles. The second-order valence-electron chi connectivity index (χ2n) is 5.08. The largest absolute Gasteiger partial charge is 0.382 e. The summed E-state index contributed by atoms with van der Waals surface area (Å²) in [6, 6.07) is 7.63. The normalized spacial score (nSPS) is 15.2. The minimum absolute atomic E-state index is 0.513. The maximum atomic E-state index is 5.48. The van der Waals surface area contributed by atoms with E-state index in [9.17, 15) is 0 Å². The molecule has 0 unspecified atom stereocenters. The second-order valence-corrected chi connectivity index (χ2v) is 5.08. The number of hydrogen-bond donors (Lipinski definition) is 1. The minimum atomic E-state index is 0.513. The van der Waals surface area contributed by atoms with Crippen LogP contribution >= 0.6 is 0 Å². The zero-order valence-electron chi connectivity index (χ0n) is 11.9. The molecule has 5 heteroatoms. The van der Waals surface area contributed by atoms with Gasteiger partial charge in [0.1, 0.15) is 5.82 Å². The average molecular weight is 271 g/mol. The third-order valence-electron chi connectivity index (χ3n) is 3.43. The van der Waals surface area contributed by atoms with E-state index in [0.717, 1.165) is 11.4 Å². The summed E-state index contributed by atoms with van der Waals surface area (Å²) in [5.74, 6) is 1.14. The van der Waals surface area contributed by atoms with Crippen LogP contribution in [-0.2, 0) is 0 Å². The van der Waals surface area contributed by atoms with Gasteiger partial charge in [0.05, 0.1) is 11.4 Å². The summed E-state index contributed by atoms with van der Waals surface area (Å²) in [7, 11) is 0. The lowest BCUT2D eigenvalue weighted by Crippen LogP contribution is -2.07. The highest BCUT2D eigenvalue weighted by Gasteiger charge is 2.16. The average Bonchev–Trinajstić information content (AvgIpc) is 2.50. The predicted octanol–water partition coefficient (Wildman–Crippen LogP) is 2.89. The van der Waals surface area contributed by atoms with Crippen molar-refractivity contribution in [2.45, 2.75) is 44.9 Å². The maximum absolute atomic E-state index is 5.48. The van der Waals surface area contributed by atoms with E-state index in [0.29, 0.717) is 11.7 Å². The van der Waals surface area contributed by atoms with Gasteiger partial charge in [-0.2, -0.15) is 15.3 Å². The molecule has 2 aromatic rings. The first-order chi connectivity index (χ1) is 9.75. The number of nitrogen functional groups attached to an aromatic ring is 1. The molecule has 2 aromatic heterocycles. The highest BCUT2D eigenvalue weighted by atomic mass is 15.1. The standard InChI is InChI=1S/C10H15N3.C5H6N2/c11-10-7-6-9(12-13-10)8-4-2-1-3-5-8;1-5-3-2-4-6-7-5/h6-8H,1-5H2,(H2,11,13);2-4H,1H3. The van der Waals surface area contributed by atoms with Crippen LogP contribution in [0.15, 0.2) is 30.5 Å². The quantitative estimate of drug-likeness (QED) is 0.862. The van der Waals surface area contributed by atoms with E-state index in [1.807, 2.05) is 31.2 Å². The van der Waals surface area contributed by atoms with Crippen molar-refractivity contribution in [1.82, 2.24) is 20.4 Å². The monoisotopic (exact) mass is 271 g/mol. The van der Waals surface area contributed by atoms with Gasteiger partial charge in [0.15, 0.2) is 0 Å². The fraction of sp³-hybridized carbons (Fsp3) is 0.467. The third-order valence-corrected chi connectivity index (χ3v) is 3.43. The lowest BCUT2D eigenvalue weighted by molar-refractivity contribution is 0.434. The van der Waals surface area contributed by atoms with Crippen molar-refractivity contribution in [3.63, 3.8) is 0 Å². The summed E-state index contributed by atoms with van der Waals surface area (Å²) < 4.78 is 0. The van der Waals surface area contributed by atoms with E-state index in [1.54, 1.807) is 6.20 Å². The van der Waals surface area contributed by atoms with Crippen LogP contribution in [0.3, 0.4) is 0 Å². The lowest BCUT2D eigenvalue weighted by atomic mass is 9.87. The molecule has 2 N–H and O–H groups in total. The fourth-order valence-electron chi connectivity index (χ4n) is 2.35. The Balaban J connectivity index is 0.000000178. The lowest BCUT2D eigenvalue weighted by Gasteiger charge is -2.20. The molecule has 1 aliphatic carbocycles. The van der Waals surface area contributed by atoms with E-state index in [-0.39, 0.29) is 0 Å². The summed E-state index contributed by atoms with van der Waals surface area (Å²) in [6.07, 6.45) is 8.22. The van der Waals surface area contributed by atoms with Crippen LogP contribution in [0.2, 0.25) is 0 Å². The molecule has 0 bridgehead atoms. The van der Waals surface area contributed by atoms with Crippen LogP contribution in [0.5, 0.6) is 0 Å². The van der Waals surface area contributed by atoms with Gasteiger partial charge in [-0.25, -0.2) is 0 Å². The van der Waals surface area contributed by atoms with Crippen molar-refractivity contribution >= 4 is 5.82 Å². The van der Waals surface area contributed by atoms with Crippen molar-refractivity contribution < 1.29 is 0 Å². The first-order valence-electron chi connectivity index (χ1n) is 7.09. The smallest absolute Gasteiger partial charge is 0.146 e. The molecule has 1 fully saturated rings. The third kappa shape index (κ3) is 4.57. The molecule has 0 aromatic carbocycles. The molecule has 0 spiro atoms. The molecule has 20 heavy (non-hydrogen) atoms. The Bertz CT molecular complexity index is 491. The summed E-state index contributed by atoms with van der Waals surface area (Å²) in [4.78, 5) is 0. The topological polar surface area (TPSA) is 77.6 Å². The Hall–Kier alpha value is -2.04. The molecular weight excluding hydrogens is 250 g/mol. The number of aryl methyl sites for hydroxylation is 1. The van der Waals surface area contributed by atoms with Gasteiger partial charge < -0.3 is 5.73 Å². The van der Waals surface area contributed by atoms with E-state index in [2.05, 4.69) is 20.4 Å². The van der Waals surface area contributed by atoms with Crippen LogP contribution in [0, 0.1) is 6.92 Å². The fourth-order valence-corrected chi connectivity index (χ4v) is 2.35. The van der Waals surface area contributed by atoms with Crippen molar-refractivity contribution in [3.8, 4) is 0 Å². The van der Waals surface area contributed by atoms with Crippen molar-refractivity contribution in [1.29, 1.82) is 0 Å². The molecule has 0 amide bonds. The number of rotatable bonds is 1. The molecule has 1 aliphatic rings. The summed E-state index contributed by atoms with van der Waals surface area (Å²) in [5, 5.41) is 15.4. The molecule has 1 saturated carbocycles. The molecule has 0 atom stereocenters. The van der Waals surface area contributed by atoms with Gasteiger partial charge in [0.2, 0.25) is 0 Å². The van der Waals surface area contributed by atoms with Gasteiger partial charge >= 0.3 is 0 Å². The Morgan fingerprint density at radius 1 is 1.00 bits per heavy atom. The number of nitrogens with two attached hydrogens (primary N) is 1. The highest BCUT2D eigenvalue weighted by molar-refractivity contribution is 5.26. The minimum Gasteiger partial charge on any atom is -0.382 e. The molecule has 0 aliphatic heterocycles. The van der Waals surface area contributed by atoms with E-state index >= 15 is 0 Å². The number of anilines is 1. The first-order valence-corrected chi connectivity index (χ1v) is 7.09. The van der Waals surface area contributed by atoms with Gasteiger partial charge in [-0.1, -0.05) is 19.3 Å². The van der Waals surface area contributed by atoms with Gasteiger partial charge in [-0.15, -0.1) is 5.10 Å². The summed E-state index contributed by atoms with van der Waals surface area (Å²) >= 11 is 0. The predicted molar refractivity (Wildman–Crippen MR) is 79.0 cm³/mol. The Morgan fingerprint density at radius 3 is 2.30 bits per heavy atom. The number of nitrogens with zero attached hydrogens (tertiary/aromatic N) is 4. The van der Waals surface area contributed by atoms with Crippen molar-refractivity contribution in [2.24, 2.45) is 0 Å². The van der Waals surface area contributed by atoms with Gasteiger partial charge in [-0.3, -0.25) is 0 Å². The summed E-state index contributed by atoms with van der Waals surface area (Å²) in [6.45, 7) is 1.91. The molecule has 2 heterocycles. The molecule has 106 valence electrons. The SMILES string of the molecule is Cc1cccnn1.Nc1ccc(C2CCCCC2)nn1. The van der Waals surface area contributed by atoms with E-state index < -0.39 is 0 Å².